The van der Waals surface area contributed by atoms with E-state index >= 15 is 0 Å². The van der Waals surface area contributed by atoms with Crippen LogP contribution in [0.2, 0.25) is 0 Å². The van der Waals surface area contributed by atoms with Crippen LogP contribution in [0.5, 0.6) is 5.75 Å². The van der Waals surface area contributed by atoms with Gasteiger partial charge in [-0.05, 0) is 24.3 Å². The van der Waals surface area contributed by atoms with Gasteiger partial charge in [-0.25, -0.2) is 9.37 Å². The normalized spacial score (nSPS) is 18.9. The first-order valence-corrected chi connectivity index (χ1v) is 10.6. The number of amides is 1. The molecule has 1 fully saturated rings. The van der Waals surface area contributed by atoms with E-state index in [0.29, 0.717) is 24.3 Å². The molecule has 2 aromatic carbocycles. The molecule has 0 saturated carbocycles. The quantitative estimate of drug-likeness (QED) is 0.692. The third-order valence-electron chi connectivity index (χ3n) is 5.35. The highest BCUT2D eigenvalue weighted by atomic mass is 32.1. The number of fused-ring (bicyclic) bond motifs is 2. The Morgan fingerprint density at radius 1 is 1.24 bits per heavy atom. The molecule has 0 radical (unpaired) electrons. The first kappa shape index (κ1) is 18.3. The Labute approximate surface area is 171 Å². The summed E-state index contributed by atoms with van der Waals surface area (Å²) in [6.07, 6.45) is 0.653. The molecule has 2 aliphatic rings. The summed E-state index contributed by atoms with van der Waals surface area (Å²) in [4.78, 5) is 19.9. The van der Waals surface area contributed by atoms with E-state index in [1.807, 2.05) is 18.2 Å². The maximum Gasteiger partial charge on any atom is 0.251 e. The molecule has 1 aromatic heterocycles. The average molecular weight is 412 g/mol. The second kappa shape index (κ2) is 7.61. The monoisotopic (exact) mass is 412 g/mol. The summed E-state index contributed by atoms with van der Waals surface area (Å²) in [5, 5.41) is 7.41. The fourth-order valence-electron chi connectivity index (χ4n) is 3.80. The van der Waals surface area contributed by atoms with Crippen LogP contribution in [0.15, 0.2) is 36.4 Å². The number of benzene rings is 2. The summed E-state index contributed by atoms with van der Waals surface area (Å²) >= 11 is 1.62. The van der Waals surface area contributed by atoms with Crippen molar-refractivity contribution in [1.82, 2.24) is 15.6 Å². The number of hydrogen-bond acceptors (Lipinski definition) is 6. The number of rotatable bonds is 3. The van der Waals surface area contributed by atoms with Crippen LogP contribution in [0.1, 0.15) is 28.4 Å². The Hall–Kier alpha value is -2.71. The van der Waals surface area contributed by atoms with Gasteiger partial charge in [0.2, 0.25) is 0 Å². The number of piperazine rings is 1. The molecule has 0 bridgehead atoms. The molecule has 150 valence electrons. The molecule has 0 aliphatic carbocycles. The van der Waals surface area contributed by atoms with Crippen LogP contribution in [0.3, 0.4) is 0 Å². The van der Waals surface area contributed by atoms with Crippen LogP contribution >= 0.6 is 11.3 Å². The molecular formula is C21H21FN4O2S. The van der Waals surface area contributed by atoms with E-state index in [1.54, 1.807) is 17.4 Å². The van der Waals surface area contributed by atoms with Crippen molar-refractivity contribution in [1.29, 1.82) is 0 Å². The number of nitrogens with one attached hydrogen (secondary N) is 2. The minimum Gasteiger partial charge on any atom is -0.493 e. The van der Waals surface area contributed by atoms with Gasteiger partial charge in [0.15, 0.2) is 5.13 Å². The van der Waals surface area contributed by atoms with E-state index in [9.17, 15) is 9.18 Å². The number of carbonyl (C=O) groups excluding carboxylic acids is 1. The van der Waals surface area contributed by atoms with Gasteiger partial charge >= 0.3 is 0 Å². The second-order valence-electron chi connectivity index (χ2n) is 7.26. The molecule has 1 saturated heterocycles. The van der Waals surface area contributed by atoms with Crippen molar-refractivity contribution >= 4 is 32.6 Å². The van der Waals surface area contributed by atoms with E-state index in [1.165, 1.54) is 12.1 Å². The smallest absolute Gasteiger partial charge is 0.251 e. The number of nitrogens with zero attached hydrogens (tertiary/aromatic N) is 2. The maximum atomic E-state index is 13.5. The van der Waals surface area contributed by atoms with Crippen LogP contribution in [0, 0.1) is 5.82 Å². The van der Waals surface area contributed by atoms with Gasteiger partial charge in [0, 0.05) is 49.8 Å². The van der Waals surface area contributed by atoms with Crippen LogP contribution in [-0.2, 0) is 0 Å². The van der Waals surface area contributed by atoms with E-state index in [2.05, 4.69) is 15.5 Å². The van der Waals surface area contributed by atoms with Gasteiger partial charge in [0.25, 0.3) is 5.91 Å². The number of aromatic nitrogens is 1. The van der Waals surface area contributed by atoms with E-state index in [0.717, 1.165) is 47.1 Å². The summed E-state index contributed by atoms with van der Waals surface area (Å²) in [6, 6.07) is 9.87. The predicted octanol–water partition coefficient (Wildman–Crippen LogP) is 3.10. The molecule has 6 nitrogen and oxygen atoms in total. The van der Waals surface area contributed by atoms with Crippen molar-refractivity contribution < 1.29 is 13.9 Å². The minimum absolute atomic E-state index is 0.147. The van der Waals surface area contributed by atoms with Crippen molar-refractivity contribution in [3.05, 3.63) is 53.3 Å². The molecule has 0 spiro atoms. The lowest BCUT2D eigenvalue weighted by Gasteiger charge is -2.26. The number of thiazole rings is 1. The largest absolute Gasteiger partial charge is 0.493 e. The van der Waals surface area contributed by atoms with E-state index in [4.69, 9.17) is 9.72 Å². The van der Waals surface area contributed by atoms with Crippen molar-refractivity contribution in [2.45, 2.75) is 12.5 Å². The highest BCUT2D eigenvalue weighted by Gasteiger charge is 2.24. The average Bonchev–Trinajstić information content (AvgIpc) is 3.18. The fraction of sp³-hybridized carbons (Fsp3) is 0.333. The lowest BCUT2D eigenvalue weighted by molar-refractivity contribution is 0.0925. The maximum absolute atomic E-state index is 13.5. The molecule has 2 N–H and O–H groups in total. The summed E-state index contributed by atoms with van der Waals surface area (Å²) in [5.74, 6) is 0.0120. The van der Waals surface area contributed by atoms with Crippen LogP contribution in [0.4, 0.5) is 9.52 Å². The Morgan fingerprint density at radius 3 is 2.97 bits per heavy atom. The zero-order valence-corrected chi connectivity index (χ0v) is 16.6. The van der Waals surface area contributed by atoms with E-state index in [-0.39, 0.29) is 17.8 Å². The highest BCUT2D eigenvalue weighted by molar-refractivity contribution is 7.22. The van der Waals surface area contributed by atoms with E-state index < -0.39 is 0 Å². The topological polar surface area (TPSA) is 66.5 Å². The molecule has 8 heteroatoms. The second-order valence-corrected chi connectivity index (χ2v) is 8.27. The van der Waals surface area contributed by atoms with Gasteiger partial charge in [-0.2, -0.15) is 0 Å². The van der Waals surface area contributed by atoms with Crippen molar-refractivity contribution in [3.63, 3.8) is 0 Å². The van der Waals surface area contributed by atoms with Crippen molar-refractivity contribution in [2.75, 3.05) is 37.7 Å². The van der Waals surface area contributed by atoms with Gasteiger partial charge in [-0.1, -0.05) is 17.4 Å². The number of hydrogen-bond donors (Lipinski definition) is 2. The zero-order chi connectivity index (χ0) is 19.8. The molecule has 1 atom stereocenters. The van der Waals surface area contributed by atoms with Gasteiger partial charge in [0.05, 0.1) is 22.9 Å². The van der Waals surface area contributed by atoms with Gasteiger partial charge < -0.3 is 20.3 Å². The Morgan fingerprint density at radius 2 is 2.10 bits per heavy atom. The molecule has 2 aliphatic heterocycles. The first-order valence-electron chi connectivity index (χ1n) is 9.77. The van der Waals surface area contributed by atoms with Gasteiger partial charge in [0.1, 0.15) is 11.6 Å². The third kappa shape index (κ3) is 3.65. The summed E-state index contributed by atoms with van der Waals surface area (Å²) in [6.45, 7) is 4.25. The number of ether oxygens (including phenoxy) is 1. The third-order valence-corrected chi connectivity index (χ3v) is 6.43. The van der Waals surface area contributed by atoms with Crippen LogP contribution in [-0.4, -0.2) is 43.7 Å². The lowest BCUT2D eigenvalue weighted by atomic mass is 10.00. The standard InChI is InChI=1S/C21H21FN4O2S/c22-14-2-3-15-16(5-10-28-18(15)12-14)24-20(27)13-1-4-17-19(11-13)29-21(25-17)26-8-6-23-7-9-26/h1-4,11-12,16,23H,5-10H2,(H,24,27)/t16-/m1/s1. The molecule has 0 unspecified atom stereocenters. The molecular weight excluding hydrogens is 391 g/mol. The lowest BCUT2D eigenvalue weighted by Crippen LogP contribution is -2.43. The van der Waals surface area contributed by atoms with Gasteiger partial charge in [-0.15, -0.1) is 0 Å². The molecule has 5 rings (SSSR count). The van der Waals surface area contributed by atoms with Crippen molar-refractivity contribution in [3.8, 4) is 5.75 Å². The SMILES string of the molecule is O=C(N[C@@H]1CCOc2cc(F)ccc21)c1ccc2nc(N3CCNCC3)sc2c1. The van der Waals surface area contributed by atoms with Crippen molar-refractivity contribution in [2.24, 2.45) is 0 Å². The molecule has 1 amide bonds. The summed E-state index contributed by atoms with van der Waals surface area (Å²) < 4.78 is 20.0. The van der Waals surface area contributed by atoms with Gasteiger partial charge in [-0.3, -0.25) is 4.79 Å². The number of anilines is 1. The van der Waals surface area contributed by atoms with Crippen LogP contribution < -0.4 is 20.3 Å². The fourth-order valence-corrected chi connectivity index (χ4v) is 4.86. The Bertz CT molecular complexity index is 1060. The number of carbonyl (C=O) groups is 1. The number of halogens is 1. The minimum atomic E-state index is -0.341. The first-order chi connectivity index (χ1) is 14.2. The summed E-state index contributed by atoms with van der Waals surface area (Å²) in [5.41, 5.74) is 2.32. The summed E-state index contributed by atoms with van der Waals surface area (Å²) in [7, 11) is 0. The predicted molar refractivity (Wildman–Crippen MR) is 111 cm³/mol. The molecule has 29 heavy (non-hydrogen) atoms. The molecule has 3 aromatic rings. The molecule has 3 heterocycles. The highest BCUT2D eigenvalue weighted by Crippen LogP contribution is 2.33. The Kier molecular flexibility index (Phi) is 4.81. The van der Waals surface area contributed by atoms with Crippen LogP contribution in [0.25, 0.3) is 10.2 Å². The zero-order valence-electron chi connectivity index (χ0n) is 15.8. The Balaban J connectivity index is 1.36.